The third-order valence-electron chi connectivity index (χ3n) is 9.73. The Kier molecular flexibility index (Phi) is 36.5. The van der Waals surface area contributed by atoms with E-state index in [4.69, 9.17) is 63.4 Å². The molecular weight excluding hydrogens is 1010 g/mol. The Bertz CT molecular complexity index is 2030. The number of benzene rings is 2. The zero-order valence-corrected chi connectivity index (χ0v) is 42.9. The fourth-order valence-corrected chi connectivity index (χ4v) is 5.96. The number of anilines is 1. The molecule has 0 aliphatic carbocycles. The number of rotatable bonds is 45. The first kappa shape index (κ1) is 65.3. The van der Waals surface area contributed by atoms with E-state index in [2.05, 4.69) is 36.6 Å². The lowest BCUT2D eigenvalue weighted by Crippen LogP contribution is -2.55. The van der Waals surface area contributed by atoms with Crippen molar-refractivity contribution in [2.75, 3.05) is 144 Å². The smallest absolute Gasteiger partial charge is 0.429 e. The van der Waals surface area contributed by atoms with Crippen molar-refractivity contribution in [3.05, 3.63) is 74.7 Å². The van der Waals surface area contributed by atoms with E-state index in [0.29, 0.717) is 117 Å². The third-order valence-corrected chi connectivity index (χ3v) is 9.73. The van der Waals surface area contributed by atoms with Crippen LogP contribution in [-0.2, 0) is 73.2 Å². The van der Waals surface area contributed by atoms with Gasteiger partial charge in [-0.25, -0.2) is 9.59 Å². The Morgan fingerprint density at radius 2 is 1.16 bits per heavy atom. The number of nitro benzene ring substituents is 1. The molecule has 0 bridgehead atoms. The number of ether oxygens (including phenoxy) is 11. The van der Waals surface area contributed by atoms with E-state index < -0.39 is 72.0 Å². The van der Waals surface area contributed by atoms with Gasteiger partial charge in [-0.2, -0.15) is 0 Å². The number of non-ortho nitro benzene ring substituents is 1. The quantitative estimate of drug-likeness (QED) is 0.00806. The summed E-state index contributed by atoms with van der Waals surface area (Å²) in [7, 11) is 0. The molecule has 0 aliphatic heterocycles. The van der Waals surface area contributed by atoms with Crippen molar-refractivity contribution >= 4 is 47.2 Å². The van der Waals surface area contributed by atoms with Crippen LogP contribution in [0.25, 0.3) is 10.4 Å². The Labute approximate surface area is 439 Å². The van der Waals surface area contributed by atoms with Crippen molar-refractivity contribution < 1.29 is 85.8 Å². The van der Waals surface area contributed by atoms with E-state index in [1.54, 1.807) is 26.0 Å². The molecule has 0 fully saturated rings. The molecule has 76 heavy (non-hydrogen) atoms. The first-order valence-corrected chi connectivity index (χ1v) is 24.4. The zero-order chi connectivity index (χ0) is 55.4. The predicted octanol–water partition coefficient (Wildman–Crippen LogP) is 1.90. The number of carbonyl (C=O) groups excluding carboxylic acids is 6. The average Bonchev–Trinajstić information content (AvgIpc) is 3.39. The SMILES string of the molecule is CC(C)[C@H](NC(=O)COCC(=O)NCCOCCOCCOCCOCCOCCOCCOCCOCCN=[N+]=[N-])C(=O)N[C@@H](CCCNC(N)=O)C(=O)Nc1ccc(COC(=O)Oc2ccc([N+](=O)[O-])cc2)cc1. The van der Waals surface area contributed by atoms with Gasteiger partial charge in [-0.1, -0.05) is 31.1 Å². The van der Waals surface area contributed by atoms with Gasteiger partial charge in [0.2, 0.25) is 23.6 Å². The highest BCUT2D eigenvalue weighted by Crippen LogP contribution is 2.18. The van der Waals surface area contributed by atoms with Crippen LogP contribution < -0.4 is 37.1 Å². The fourth-order valence-electron chi connectivity index (χ4n) is 5.96. The highest BCUT2D eigenvalue weighted by atomic mass is 16.7. The molecule has 424 valence electrons. The summed E-state index contributed by atoms with van der Waals surface area (Å²) in [5.74, 6) is -2.84. The molecule has 7 N–H and O–H groups in total. The number of urea groups is 1. The molecule has 0 aromatic heterocycles. The summed E-state index contributed by atoms with van der Waals surface area (Å²) in [6.07, 6.45) is -0.724. The van der Waals surface area contributed by atoms with E-state index in [0.717, 1.165) is 0 Å². The molecule has 2 aromatic rings. The van der Waals surface area contributed by atoms with Gasteiger partial charge in [-0.3, -0.25) is 29.3 Å². The van der Waals surface area contributed by atoms with Crippen molar-refractivity contribution in [2.24, 2.45) is 16.8 Å². The summed E-state index contributed by atoms with van der Waals surface area (Å²) < 4.78 is 58.7. The minimum atomic E-state index is -1.12. The van der Waals surface area contributed by atoms with E-state index >= 15 is 0 Å². The molecule has 0 unspecified atom stereocenters. The fraction of sp³-hybridized carbons (Fsp3) is 0.617. The zero-order valence-electron chi connectivity index (χ0n) is 42.9. The van der Waals surface area contributed by atoms with Gasteiger partial charge in [0.1, 0.15) is 37.7 Å². The van der Waals surface area contributed by atoms with Gasteiger partial charge in [0.25, 0.3) is 5.69 Å². The maximum absolute atomic E-state index is 13.5. The van der Waals surface area contributed by atoms with E-state index in [-0.39, 0.29) is 50.6 Å². The van der Waals surface area contributed by atoms with Crippen LogP contribution in [0, 0.1) is 16.0 Å². The second kappa shape index (κ2) is 42.4. The van der Waals surface area contributed by atoms with Crippen molar-refractivity contribution in [3.8, 4) is 5.75 Å². The molecule has 2 aromatic carbocycles. The minimum absolute atomic E-state index is 0.0474. The number of nitrogens with two attached hydrogens (primary N) is 1. The largest absolute Gasteiger partial charge is 0.514 e. The summed E-state index contributed by atoms with van der Waals surface area (Å²) in [6.45, 7) is 8.99. The molecule has 0 heterocycles. The summed E-state index contributed by atoms with van der Waals surface area (Å²) in [5.41, 5.74) is 14.0. The number of nitro groups is 1. The maximum Gasteiger partial charge on any atom is 0.514 e. The van der Waals surface area contributed by atoms with Crippen molar-refractivity contribution in [1.82, 2.24) is 21.3 Å². The molecule has 6 amide bonds. The molecule has 0 saturated heterocycles. The number of amides is 6. The Hall–Kier alpha value is -6.79. The maximum atomic E-state index is 13.5. The standard InChI is InChI=1S/C47H72N10O19/c1-35(2)43(45(61)54-40(4-3-13-51-46(48)62)44(60)53-37-7-5-36(6-8-37)32-75-47(63)76-39-11-9-38(10-12-39)57(64)65)55-42(59)34-74-33-41(58)50-14-16-66-18-20-68-22-24-70-26-28-72-30-31-73-29-27-71-25-23-69-21-19-67-17-15-52-56-49/h5-12,35,40,43H,3-4,13-34H2,1-2H3,(H,50,58)(H,53,60)(H,54,61)(H,55,59)(H3,48,51,62)/t40-,43-/m0/s1. The topological polar surface area (TPSA) is 382 Å². The van der Waals surface area contributed by atoms with Gasteiger partial charge >= 0.3 is 12.2 Å². The predicted molar refractivity (Wildman–Crippen MR) is 269 cm³/mol. The number of azide groups is 1. The van der Waals surface area contributed by atoms with Gasteiger partial charge in [0, 0.05) is 42.4 Å². The summed E-state index contributed by atoms with van der Waals surface area (Å²) >= 11 is 0. The molecule has 0 aliphatic rings. The normalized spacial score (nSPS) is 11.7. The molecule has 29 nitrogen and oxygen atoms in total. The van der Waals surface area contributed by atoms with Crippen LogP contribution >= 0.6 is 0 Å². The lowest BCUT2D eigenvalue weighted by molar-refractivity contribution is -0.384. The van der Waals surface area contributed by atoms with Crippen molar-refractivity contribution in [3.63, 3.8) is 0 Å². The second-order valence-electron chi connectivity index (χ2n) is 16.1. The van der Waals surface area contributed by atoms with Gasteiger partial charge < -0.3 is 84.4 Å². The first-order chi connectivity index (χ1) is 36.8. The van der Waals surface area contributed by atoms with Crippen molar-refractivity contribution in [1.29, 1.82) is 0 Å². The molecule has 2 atom stereocenters. The third kappa shape index (κ3) is 33.9. The highest BCUT2D eigenvalue weighted by Gasteiger charge is 2.29. The molecule has 0 saturated carbocycles. The van der Waals surface area contributed by atoms with Gasteiger partial charge in [0.05, 0.1) is 111 Å². The van der Waals surface area contributed by atoms with Crippen LogP contribution in [0.4, 0.5) is 21.0 Å². The first-order valence-electron chi connectivity index (χ1n) is 24.4. The van der Waals surface area contributed by atoms with Crippen LogP contribution in [0.3, 0.4) is 0 Å². The second-order valence-corrected chi connectivity index (χ2v) is 16.1. The number of primary amides is 1. The number of hydrogen-bond acceptors (Lipinski definition) is 20. The molecule has 0 spiro atoms. The lowest BCUT2D eigenvalue weighted by Gasteiger charge is -2.25. The van der Waals surface area contributed by atoms with Gasteiger partial charge in [-0.05, 0) is 54.1 Å². The molecular formula is C47H72N10O19. The average molecular weight is 1080 g/mol. The number of carbonyl (C=O) groups is 6. The van der Waals surface area contributed by atoms with Crippen LogP contribution in [-0.4, -0.2) is 191 Å². The van der Waals surface area contributed by atoms with E-state index in [9.17, 15) is 38.9 Å². The monoisotopic (exact) mass is 1080 g/mol. The van der Waals surface area contributed by atoms with Gasteiger partial charge in [-0.15, -0.1) is 0 Å². The number of nitrogens with one attached hydrogen (secondary N) is 5. The van der Waals surface area contributed by atoms with Crippen molar-refractivity contribution in [2.45, 2.75) is 45.4 Å². The number of hydrogen-bond donors (Lipinski definition) is 6. The van der Waals surface area contributed by atoms with Crippen LogP contribution in [0.1, 0.15) is 32.3 Å². The van der Waals surface area contributed by atoms with Crippen LogP contribution in [0.15, 0.2) is 53.6 Å². The molecule has 29 heteroatoms. The van der Waals surface area contributed by atoms with Gasteiger partial charge in [0.15, 0.2) is 0 Å². The van der Waals surface area contributed by atoms with E-state index in [1.165, 1.54) is 36.4 Å². The Balaban J connectivity index is 1.56. The molecule has 2 rings (SSSR count). The highest BCUT2D eigenvalue weighted by molar-refractivity contribution is 5.98. The van der Waals surface area contributed by atoms with E-state index in [1.807, 2.05) is 0 Å². The molecule has 0 radical (unpaired) electrons. The number of nitrogens with zero attached hydrogens (tertiary/aromatic N) is 4. The summed E-state index contributed by atoms with van der Waals surface area (Å²) in [6, 6.07) is 8.09. The summed E-state index contributed by atoms with van der Waals surface area (Å²) in [4.78, 5) is 88.2. The Morgan fingerprint density at radius 1 is 0.645 bits per heavy atom. The minimum Gasteiger partial charge on any atom is -0.429 e. The van der Waals surface area contributed by atoms with Crippen LogP contribution in [0.2, 0.25) is 0 Å². The summed E-state index contributed by atoms with van der Waals surface area (Å²) in [5, 5.41) is 27.2. The van der Waals surface area contributed by atoms with Crippen LogP contribution in [0.5, 0.6) is 5.75 Å². The lowest BCUT2D eigenvalue weighted by atomic mass is 10.0. The Morgan fingerprint density at radius 3 is 1.66 bits per heavy atom.